The molecule has 3 aromatic heterocycles. The van der Waals surface area contributed by atoms with Gasteiger partial charge in [0.25, 0.3) is 6.43 Å². The van der Waals surface area contributed by atoms with Crippen LogP contribution in [0.1, 0.15) is 43.6 Å². The minimum absolute atomic E-state index is 0.0760. The lowest BCUT2D eigenvalue weighted by molar-refractivity contribution is 0.0323. The standard InChI is InChI=1S/C31H36F2N6O3S/c1-18-34-17-26(43-18)20-15-22-23(16-21(20)28(32)33)39(29(35-22)31(2,3)4)19-13-24-27(37(6)30(40)36(24)5)25(14-19)42-12-9-38-7-10-41-11-8-38/h13-17,28H,7-12H2,1-6H3. The zero-order valence-electron chi connectivity index (χ0n) is 25.3. The van der Waals surface area contributed by atoms with Crippen molar-refractivity contribution < 1.29 is 18.3 Å². The molecule has 43 heavy (non-hydrogen) atoms. The fourth-order valence-corrected chi connectivity index (χ4v) is 6.54. The first kappa shape index (κ1) is 29.5. The summed E-state index contributed by atoms with van der Waals surface area (Å²) in [6.45, 7) is 12.2. The SMILES string of the molecule is Cc1ncc(-c2cc3nc(C(C)(C)C)n(-c4cc(OCCN5CCOCC5)c5c(c4)n(C)c(=O)n5C)c3cc2C(F)F)s1. The van der Waals surface area contributed by atoms with Crippen molar-refractivity contribution in [2.75, 3.05) is 39.5 Å². The summed E-state index contributed by atoms with van der Waals surface area (Å²) in [5.41, 5.74) is 2.96. The molecule has 9 nitrogen and oxygen atoms in total. The molecule has 1 aliphatic heterocycles. The van der Waals surface area contributed by atoms with Crippen LogP contribution in [0.5, 0.6) is 5.75 Å². The number of rotatable bonds is 7. The maximum Gasteiger partial charge on any atom is 0.328 e. The van der Waals surface area contributed by atoms with Crippen LogP contribution in [0.2, 0.25) is 0 Å². The van der Waals surface area contributed by atoms with Crippen molar-refractivity contribution >= 4 is 33.4 Å². The molecule has 12 heteroatoms. The fraction of sp³-hybridized carbons (Fsp3) is 0.452. The molecular formula is C31H36F2N6O3S. The Hall–Kier alpha value is -3.61. The number of hydrogen-bond acceptors (Lipinski definition) is 7. The molecule has 0 spiro atoms. The van der Waals surface area contributed by atoms with E-state index < -0.39 is 11.8 Å². The molecule has 0 atom stereocenters. The van der Waals surface area contributed by atoms with E-state index in [0.717, 1.165) is 18.1 Å². The first-order valence-corrected chi connectivity index (χ1v) is 15.2. The molecule has 0 amide bonds. The predicted molar refractivity (Wildman–Crippen MR) is 165 cm³/mol. The zero-order chi connectivity index (χ0) is 30.6. The van der Waals surface area contributed by atoms with Crippen LogP contribution in [0, 0.1) is 6.92 Å². The highest BCUT2D eigenvalue weighted by Gasteiger charge is 2.28. The molecule has 1 saturated heterocycles. The molecule has 1 fully saturated rings. The van der Waals surface area contributed by atoms with Crippen LogP contribution in [0.25, 0.3) is 38.2 Å². The number of hydrogen-bond donors (Lipinski definition) is 0. The van der Waals surface area contributed by atoms with Gasteiger partial charge in [-0.05, 0) is 25.1 Å². The second-order valence-corrected chi connectivity index (χ2v) is 13.2. The van der Waals surface area contributed by atoms with Gasteiger partial charge < -0.3 is 9.47 Å². The molecule has 1 aliphatic rings. The highest BCUT2D eigenvalue weighted by atomic mass is 32.1. The minimum Gasteiger partial charge on any atom is -0.490 e. The Morgan fingerprint density at radius 3 is 2.47 bits per heavy atom. The smallest absolute Gasteiger partial charge is 0.328 e. The van der Waals surface area contributed by atoms with Gasteiger partial charge in [-0.3, -0.25) is 18.6 Å². The number of thiazole rings is 1. The van der Waals surface area contributed by atoms with Gasteiger partial charge in [-0.25, -0.2) is 23.5 Å². The average Bonchev–Trinajstić information content (AvgIpc) is 3.64. The van der Waals surface area contributed by atoms with Crippen LogP contribution in [0.15, 0.2) is 35.3 Å². The summed E-state index contributed by atoms with van der Waals surface area (Å²) in [7, 11) is 3.45. The van der Waals surface area contributed by atoms with Gasteiger partial charge >= 0.3 is 5.69 Å². The third kappa shape index (κ3) is 5.36. The van der Waals surface area contributed by atoms with E-state index in [4.69, 9.17) is 14.5 Å². The Morgan fingerprint density at radius 2 is 1.81 bits per heavy atom. The number of nitrogens with zero attached hydrogens (tertiary/aromatic N) is 6. The van der Waals surface area contributed by atoms with Gasteiger partial charge in [-0.1, -0.05) is 20.8 Å². The van der Waals surface area contributed by atoms with Crippen molar-refractivity contribution in [1.82, 2.24) is 28.6 Å². The second-order valence-electron chi connectivity index (χ2n) is 12.0. The van der Waals surface area contributed by atoms with E-state index in [2.05, 4.69) is 9.88 Å². The van der Waals surface area contributed by atoms with Gasteiger partial charge in [0.15, 0.2) is 0 Å². The van der Waals surface area contributed by atoms with Crippen molar-refractivity contribution in [2.24, 2.45) is 14.1 Å². The molecule has 5 aromatic rings. The minimum atomic E-state index is -2.69. The summed E-state index contributed by atoms with van der Waals surface area (Å²) >= 11 is 1.38. The Kier molecular flexibility index (Phi) is 7.64. The van der Waals surface area contributed by atoms with E-state index in [1.165, 1.54) is 11.3 Å². The highest BCUT2D eigenvalue weighted by Crippen LogP contribution is 2.40. The van der Waals surface area contributed by atoms with Crippen molar-refractivity contribution in [3.63, 3.8) is 0 Å². The number of imidazole rings is 2. The van der Waals surface area contributed by atoms with Gasteiger partial charge in [-0.15, -0.1) is 11.3 Å². The summed E-state index contributed by atoms with van der Waals surface area (Å²) in [4.78, 5) is 25.3. The summed E-state index contributed by atoms with van der Waals surface area (Å²) in [5.74, 6) is 1.26. The van der Waals surface area contributed by atoms with E-state index in [1.54, 1.807) is 41.6 Å². The molecule has 0 bridgehead atoms. The lowest BCUT2D eigenvalue weighted by atomic mass is 9.95. The van der Waals surface area contributed by atoms with Crippen LogP contribution in [0.4, 0.5) is 8.78 Å². The lowest BCUT2D eigenvalue weighted by Crippen LogP contribution is -2.38. The molecule has 0 aliphatic carbocycles. The first-order valence-electron chi connectivity index (χ1n) is 14.3. The molecule has 0 N–H and O–H groups in total. The molecule has 2 aromatic carbocycles. The first-order chi connectivity index (χ1) is 20.4. The Labute approximate surface area is 252 Å². The quantitative estimate of drug-likeness (QED) is 0.239. The maximum absolute atomic E-state index is 14.6. The molecule has 0 saturated carbocycles. The van der Waals surface area contributed by atoms with Crippen molar-refractivity contribution in [3.8, 4) is 21.9 Å². The number of alkyl halides is 2. The maximum atomic E-state index is 14.6. The van der Waals surface area contributed by atoms with Crippen molar-refractivity contribution in [2.45, 2.75) is 39.5 Å². The van der Waals surface area contributed by atoms with Crippen LogP contribution in [0.3, 0.4) is 0 Å². The van der Waals surface area contributed by atoms with E-state index in [1.807, 2.05) is 44.4 Å². The number of aromatic nitrogens is 5. The fourth-order valence-electron chi connectivity index (χ4n) is 5.73. The Bertz CT molecular complexity index is 1870. The van der Waals surface area contributed by atoms with Crippen LogP contribution in [-0.2, 0) is 24.2 Å². The molecule has 4 heterocycles. The van der Waals surface area contributed by atoms with Gasteiger partial charge in [0, 0.05) is 62.5 Å². The summed E-state index contributed by atoms with van der Waals surface area (Å²) in [6.07, 6.45) is -1.06. The third-order valence-corrected chi connectivity index (χ3v) is 8.90. The predicted octanol–water partition coefficient (Wildman–Crippen LogP) is 5.59. The lowest BCUT2D eigenvalue weighted by Gasteiger charge is -2.26. The van der Waals surface area contributed by atoms with Crippen LogP contribution in [-0.4, -0.2) is 68.0 Å². The number of fused-ring (bicyclic) bond motifs is 2. The van der Waals surface area contributed by atoms with E-state index in [9.17, 15) is 13.6 Å². The summed E-state index contributed by atoms with van der Waals surface area (Å²) in [6, 6.07) is 7.08. The number of aryl methyl sites for hydroxylation is 3. The van der Waals surface area contributed by atoms with Gasteiger partial charge in [0.2, 0.25) is 0 Å². The average molecular weight is 611 g/mol. The van der Waals surface area contributed by atoms with E-state index in [-0.39, 0.29) is 11.3 Å². The summed E-state index contributed by atoms with van der Waals surface area (Å²) in [5, 5.41) is 0.805. The monoisotopic (exact) mass is 610 g/mol. The van der Waals surface area contributed by atoms with Crippen LogP contribution >= 0.6 is 11.3 Å². The Morgan fingerprint density at radius 1 is 1.07 bits per heavy atom. The van der Waals surface area contributed by atoms with Gasteiger partial charge in [-0.2, -0.15) is 0 Å². The second kappa shape index (κ2) is 11.1. The molecule has 0 unspecified atom stereocenters. The zero-order valence-corrected chi connectivity index (χ0v) is 26.1. The molecular weight excluding hydrogens is 574 g/mol. The van der Waals surface area contributed by atoms with Crippen LogP contribution < -0.4 is 10.4 Å². The van der Waals surface area contributed by atoms with Crippen molar-refractivity contribution in [3.05, 3.63) is 57.3 Å². The van der Waals surface area contributed by atoms with E-state index >= 15 is 0 Å². The number of benzene rings is 2. The van der Waals surface area contributed by atoms with Gasteiger partial charge in [0.1, 0.15) is 23.7 Å². The number of ether oxygens (including phenoxy) is 2. The normalized spacial score (nSPS) is 14.9. The largest absolute Gasteiger partial charge is 0.490 e. The molecule has 0 radical (unpaired) electrons. The molecule has 6 rings (SSSR count). The number of morpholine rings is 1. The van der Waals surface area contributed by atoms with E-state index in [0.29, 0.717) is 76.1 Å². The Balaban J connectivity index is 1.55. The summed E-state index contributed by atoms with van der Waals surface area (Å²) < 4.78 is 46.1. The molecule has 228 valence electrons. The van der Waals surface area contributed by atoms with Gasteiger partial charge in [0.05, 0.1) is 45.3 Å². The highest BCUT2D eigenvalue weighted by molar-refractivity contribution is 7.15. The van der Waals surface area contributed by atoms with Crippen molar-refractivity contribution in [1.29, 1.82) is 0 Å². The third-order valence-electron chi connectivity index (χ3n) is 7.96. The topological polar surface area (TPSA) is 79.3 Å². The number of halogens is 2.